The fraction of sp³-hybridized carbons (Fsp3) is 0.462. The first kappa shape index (κ1) is 23.6. The lowest BCUT2D eigenvalue weighted by Crippen LogP contribution is -2.50. The molecule has 0 spiro atoms. The van der Waals surface area contributed by atoms with E-state index >= 15 is 0 Å². The van der Waals surface area contributed by atoms with E-state index in [1.807, 2.05) is 64.1 Å². The van der Waals surface area contributed by atoms with Gasteiger partial charge in [0.15, 0.2) is 11.5 Å². The van der Waals surface area contributed by atoms with Gasteiger partial charge in [0.1, 0.15) is 6.04 Å². The van der Waals surface area contributed by atoms with Crippen molar-refractivity contribution >= 4 is 11.8 Å². The molecule has 1 aliphatic rings. The van der Waals surface area contributed by atoms with E-state index in [9.17, 15) is 9.59 Å². The van der Waals surface area contributed by atoms with Crippen molar-refractivity contribution in [1.29, 1.82) is 0 Å². The van der Waals surface area contributed by atoms with Crippen LogP contribution in [0.5, 0.6) is 11.5 Å². The van der Waals surface area contributed by atoms with Crippen LogP contribution in [-0.4, -0.2) is 35.6 Å². The van der Waals surface area contributed by atoms with Gasteiger partial charge in [-0.3, -0.25) is 9.59 Å². The number of rotatable bonds is 10. The topological polar surface area (TPSA) is 67.9 Å². The van der Waals surface area contributed by atoms with Crippen LogP contribution in [-0.2, 0) is 22.6 Å². The Morgan fingerprint density at radius 2 is 1.81 bits per heavy atom. The van der Waals surface area contributed by atoms with Gasteiger partial charge in [-0.15, -0.1) is 0 Å². The second-order valence-corrected chi connectivity index (χ2v) is 8.44. The third kappa shape index (κ3) is 6.02. The Morgan fingerprint density at radius 1 is 1.03 bits per heavy atom. The molecule has 0 saturated carbocycles. The highest BCUT2D eigenvalue weighted by Crippen LogP contribution is 2.32. The molecule has 2 aromatic rings. The molecule has 0 fully saturated rings. The normalized spacial score (nSPS) is 14.0. The van der Waals surface area contributed by atoms with E-state index in [2.05, 4.69) is 11.4 Å². The summed E-state index contributed by atoms with van der Waals surface area (Å²) < 4.78 is 10.8. The summed E-state index contributed by atoms with van der Waals surface area (Å²) in [5.74, 6) is 1.32. The minimum atomic E-state index is -0.506. The molecule has 0 bridgehead atoms. The molecule has 32 heavy (non-hydrogen) atoms. The molecule has 3 rings (SSSR count). The van der Waals surface area contributed by atoms with Crippen molar-refractivity contribution < 1.29 is 19.1 Å². The van der Waals surface area contributed by atoms with Crippen LogP contribution in [0.1, 0.15) is 56.7 Å². The van der Waals surface area contributed by atoms with Crippen LogP contribution in [0.4, 0.5) is 0 Å². The molecule has 172 valence electrons. The Bertz CT molecular complexity index is 943. The second-order valence-electron chi connectivity index (χ2n) is 8.44. The summed E-state index contributed by atoms with van der Waals surface area (Å²) in [5, 5.41) is 3.05. The second kappa shape index (κ2) is 11.0. The SMILES string of the molecule is CC[C@@H](C)NC(=O)[C@@H](CC)N(Cc1cccc(C)c1)C(=O)CCc1ccc2c(c1)OCO2. The van der Waals surface area contributed by atoms with Crippen molar-refractivity contribution in [2.45, 2.75) is 72.0 Å². The van der Waals surface area contributed by atoms with Crippen molar-refractivity contribution in [3.05, 3.63) is 59.2 Å². The standard InChI is InChI=1S/C26H34N2O4/c1-5-19(4)27-26(30)22(6-2)28(16-21-9-7-8-18(3)14-21)25(29)13-11-20-10-12-23-24(15-20)32-17-31-23/h7-10,12,14-15,19,22H,5-6,11,13,16-17H2,1-4H3,(H,27,30)/t19-,22-/m1/s1. The van der Waals surface area contributed by atoms with Gasteiger partial charge < -0.3 is 19.7 Å². The first-order chi connectivity index (χ1) is 15.4. The fourth-order valence-electron chi connectivity index (χ4n) is 3.86. The number of aryl methyl sites for hydroxylation is 2. The maximum Gasteiger partial charge on any atom is 0.243 e. The number of hydrogen-bond donors (Lipinski definition) is 1. The fourth-order valence-corrected chi connectivity index (χ4v) is 3.86. The van der Waals surface area contributed by atoms with Crippen LogP contribution in [0.3, 0.4) is 0 Å². The molecule has 6 heteroatoms. The summed E-state index contributed by atoms with van der Waals surface area (Å²) in [6.45, 7) is 8.64. The number of fused-ring (bicyclic) bond motifs is 1. The predicted molar refractivity (Wildman–Crippen MR) is 125 cm³/mol. The van der Waals surface area contributed by atoms with Gasteiger partial charge in [-0.05, 0) is 56.4 Å². The lowest BCUT2D eigenvalue weighted by Gasteiger charge is -2.31. The van der Waals surface area contributed by atoms with E-state index in [1.54, 1.807) is 4.90 Å². The van der Waals surface area contributed by atoms with E-state index in [0.717, 1.165) is 28.9 Å². The molecular weight excluding hydrogens is 404 g/mol. The van der Waals surface area contributed by atoms with Crippen molar-refractivity contribution in [2.24, 2.45) is 0 Å². The van der Waals surface area contributed by atoms with Crippen LogP contribution < -0.4 is 14.8 Å². The number of carbonyl (C=O) groups excluding carboxylic acids is 2. The quantitative estimate of drug-likeness (QED) is 0.598. The third-order valence-electron chi connectivity index (χ3n) is 5.89. The van der Waals surface area contributed by atoms with Crippen LogP contribution in [0.2, 0.25) is 0 Å². The van der Waals surface area contributed by atoms with Crippen molar-refractivity contribution in [1.82, 2.24) is 10.2 Å². The van der Waals surface area contributed by atoms with E-state index in [1.165, 1.54) is 0 Å². The summed E-state index contributed by atoms with van der Waals surface area (Å²) >= 11 is 0. The Hall–Kier alpha value is -3.02. The summed E-state index contributed by atoms with van der Waals surface area (Å²) in [4.78, 5) is 28.1. The van der Waals surface area contributed by atoms with Crippen LogP contribution >= 0.6 is 0 Å². The molecule has 0 aliphatic carbocycles. The van der Waals surface area contributed by atoms with Crippen molar-refractivity contribution in [3.63, 3.8) is 0 Å². The van der Waals surface area contributed by atoms with Gasteiger partial charge in [0.2, 0.25) is 18.6 Å². The van der Waals surface area contributed by atoms with Crippen LogP contribution in [0.15, 0.2) is 42.5 Å². The zero-order valence-electron chi connectivity index (χ0n) is 19.5. The van der Waals surface area contributed by atoms with E-state index in [4.69, 9.17) is 9.47 Å². The molecule has 2 amide bonds. The average Bonchev–Trinajstić information content (AvgIpc) is 3.25. The molecule has 1 aliphatic heterocycles. The minimum absolute atomic E-state index is 0.0321. The molecule has 0 aromatic heterocycles. The first-order valence-corrected chi connectivity index (χ1v) is 11.4. The highest BCUT2D eigenvalue weighted by atomic mass is 16.7. The molecule has 6 nitrogen and oxygen atoms in total. The van der Waals surface area contributed by atoms with Crippen LogP contribution in [0, 0.1) is 6.92 Å². The molecule has 0 radical (unpaired) electrons. The summed E-state index contributed by atoms with van der Waals surface area (Å²) in [5.41, 5.74) is 3.17. The molecule has 0 unspecified atom stereocenters. The van der Waals surface area contributed by atoms with Crippen molar-refractivity contribution in [2.75, 3.05) is 6.79 Å². The lowest BCUT2D eigenvalue weighted by molar-refractivity contribution is -0.141. The number of amides is 2. The number of carbonyl (C=O) groups is 2. The Balaban J connectivity index is 1.76. The van der Waals surface area contributed by atoms with Gasteiger partial charge >= 0.3 is 0 Å². The van der Waals surface area contributed by atoms with E-state index < -0.39 is 6.04 Å². The van der Waals surface area contributed by atoms with Gasteiger partial charge in [-0.2, -0.15) is 0 Å². The largest absolute Gasteiger partial charge is 0.454 e. The van der Waals surface area contributed by atoms with E-state index in [0.29, 0.717) is 31.6 Å². The number of hydrogen-bond acceptors (Lipinski definition) is 4. The highest BCUT2D eigenvalue weighted by Gasteiger charge is 2.29. The Labute approximate surface area is 190 Å². The molecule has 0 saturated heterocycles. The maximum atomic E-state index is 13.4. The van der Waals surface area contributed by atoms with Crippen LogP contribution in [0.25, 0.3) is 0 Å². The molecule has 2 atom stereocenters. The molecular formula is C26H34N2O4. The molecule has 1 heterocycles. The smallest absolute Gasteiger partial charge is 0.243 e. The minimum Gasteiger partial charge on any atom is -0.454 e. The van der Waals surface area contributed by atoms with Gasteiger partial charge in [0.05, 0.1) is 0 Å². The van der Waals surface area contributed by atoms with Gasteiger partial charge in [0.25, 0.3) is 0 Å². The van der Waals surface area contributed by atoms with Gasteiger partial charge in [-0.25, -0.2) is 0 Å². The van der Waals surface area contributed by atoms with Gasteiger partial charge in [0, 0.05) is 19.0 Å². The predicted octanol–water partition coefficient (Wildman–Crippen LogP) is 4.38. The number of benzene rings is 2. The Morgan fingerprint density at radius 3 is 2.53 bits per heavy atom. The summed E-state index contributed by atoms with van der Waals surface area (Å²) in [6, 6.07) is 13.4. The van der Waals surface area contributed by atoms with E-state index in [-0.39, 0.29) is 24.6 Å². The average molecular weight is 439 g/mol. The zero-order chi connectivity index (χ0) is 23.1. The first-order valence-electron chi connectivity index (χ1n) is 11.4. The number of nitrogens with one attached hydrogen (secondary N) is 1. The maximum absolute atomic E-state index is 13.4. The summed E-state index contributed by atoms with van der Waals surface area (Å²) in [7, 11) is 0. The molecule has 1 N–H and O–H groups in total. The molecule has 2 aromatic carbocycles. The Kier molecular flexibility index (Phi) is 8.14. The number of ether oxygens (including phenoxy) is 2. The van der Waals surface area contributed by atoms with Crippen molar-refractivity contribution in [3.8, 4) is 11.5 Å². The van der Waals surface area contributed by atoms with Gasteiger partial charge in [-0.1, -0.05) is 49.7 Å². The lowest BCUT2D eigenvalue weighted by atomic mass is 10.0. The number of nitrogens with zero attached hydrogens (tertiary/aromatic N) is 1. The monoisotopic (exact) mass is 438 g/mol. The summed E-state index contributed by atoms with van der Waals surface area (Å²) in [6.07, 6.45) is 2.30. The highest BCUT2D eigenvalue weighted by molar-refractivity contribution is 5.88. The zero-order valence-corrected chi connectivity index (χ0v) is 19.5. The third-order valence-corrected chi connectivity index (χ3v) is 5.89.